The minimum atomic E-state index is -0.459. The molecule has 0 saturated carbocycles. The molecule has 0 fully saturated rings. The monoisotopic (exact) mass is 269 g/mol. The molecule has 0 bridgehead atoms. The molecule has 1 heterocycles. The van der Waals surface area contributed by atoms with Gasteiger partial charge in [0, 0.05) is 11.1 Å². The van der Waals surface area contributed by atoms with Crippen molar-refractivity contribution in [2.45, 2.75) is 13.0 Å². The minimum Gasteiger partial charge on any atom is -0.457 e. The van der Waals surface area contributed by atoms with Gasteiger partial charge in [0.15, 0.2) is 0 Å². The predicted octanol–water partition coefficient (Wildman–Crippen LogP) is 3.55. The number of aryl methyl sites for hydroxylation is 1. The molecule has 1 atom stereocenters. The number of carbonyl (C=O) groups is 1. The van der Waals surface area contributed by atoms with Crippen LogP contribution in [-0.2, 0) is 4.74 Å². The van der Waals surface area contributed by atoms with Gasteiger partial charge in [-0.05, 0) is 25.1 Å². The van der Waals surface area contributed by atoms with Crippen molar-refractivity contribution >= 4 is 6.09 Å². The van der Waals surface area contributed by atoms with Gasteiger partial charge in [-0.15, -0.1) is 0 Å². The van der Waals surface area contributed by atoms with Crippen LogP contribution in [0.5, 0.6) is 11.5 Å². The number of benzene rings is 2. The number of rotatable bonds is 1. The molecule has 2 aromatic rings. The number of amides is 1. The Labute approximate surface area is 117 Å². The molecule has 1 amide bonds. The molecule has 1 aliphatic heterocycles. The number of carbonyl (C=O) groups excluding carboxylic acids is 1. The van der Waals surface area contributed by atoms with E-state index in [2.05, 4.69) is 5.32 Å². The Balaban J connectivity index is 2.11. The standard InChI is InChI=1S/C16H15NO3/c1-10-7-8-14-12(9-10)15(17-16(18)19-2)11-5-3-4-6-13(11)20-14/h3-9,15H,1-2H3,(H,17,18)/t15-/m0/s1. The zero-order valence-corrected chi connectivity index (χ0v) is 11.3. The topological polar surface area (TPSA) is 47.6 Å². The van der Waals surface area contributed by atoms with Crippen molar-refractivity contribution in [1.29, 1.82) is 0 Å². The van der Waals surface area contributed by atoms with Crippen molar-refractivity contribution in [2.24, 2.45) is 0 Å². The molecule has 0 aromatic heterocycles. The predicted molar refractivity (Wildman–Crippen MR) is 75.1 cm³/mol. The molecule has 0 spiro atoms. The fourth-order valence-electron chi connectivity index (χ4n) is 2.42. The summed E-state index contributed by atoms with van der Waals surface area (Å²) in [4.78, 5) is 11.6. The van der Waals surface area contributed by atoms with Crippen LogP contribution in [0.1, 0.15) is 22.7 Å². The van der Waals surface area contributed by atoms with Crippen LogP contribution in [0.3, 0.4) is 0 Å². The molecule has 3 rings (SSSR count). The van der Waals surface area contributed by atoms with Gasteiger partial charge in [0.2, 0.25) is 0 Å². The molecule has 0 saturated heterocycles. The van der Waals surface area contributed by atoms with Crippen LogP contribution in [0, 0.1) is 6.92 Å². The number of methoxy groups -OCH3 is 1. The average Bonchev–Trinajstić information content (AvgIpc) is 2.47. The van der Waals surface area contributed by atoms with Gasteiger partial charge in [0.25, 0.3) is 0 Å². The Hall–Kier alpha value is -2.49. The summed E-state index contributed by atoms with van der Waals surface area (Å²) in [7, 11) is 1.36. The third kappa shape index (κ3) is 2.09. The van der Waals surface area contributed by atoms with Crippen LogP contribution in [0.2, 0.25) is 0 Å². The summed E-state index contributed by atoms with van der Waals surface area (Å²) in [6.45, 7) is 2.01. The molecule has 0 unspecified atom stereocenters. The number of hydrogen-bond donors (Lipinski definition) is 1. The quantitative estimate of drug-likeness (QED) is 0.861. The van der Waals surface area contributed by atoms with Crippen molar-refractivity contribution in [1.82, 2.24) is 5.32 Å². The summed E-state index contributed by atoms with van der Waals surface area (Å²) in [5.74, 6) is 1.51. The second-order valence-corrected chi connectivity index (χ2v) is 4.75. The normalized spacial score (nSPS) is 15.6. The van der Waals surface area contributed by atoms with E-state index in [9.17, 15) is 4.79 Å². The maximum Gasteiger partial charge on any atom is 0.407 e. The maximum atomic E-state index is 11.6. The lowest BCUT2D eigenvalue weighted by Gasteiger charge is -2.28. The van der Waals surface area contributed by atoms with E-state index < -0.39 is 6.09 Å². The first-order valence-corrected chi connectivity index (χ1v) is 6.41. The summed E-state index contributed by atoms with van der Waals surface area (Å²) in [6.07, 6.45) is -0.459. The van der Waals surface area contributed by atoms with Gasteiger partial charge >= 0.3 is 6.09 Å². The van der Waals surface area contributed by atoms with Gasteiger partial charge in [-0.3, -0.25) is 0 Å². The Kier molecular flexibility index (Phi) is 3.06. The third-order valence-electron chi connectivity index (χ3n) is 3.37. The fraction of sp³-hybridized carbons (Fsp3) is 0.188. The third-order valence-corrected chi connectivity index (χ3v) is 3.37. The molecule has 20 heavy (non-hydrogen) atoms. The van der Waals surface area contributed by atoms with Crippen LogP contribution < -0.4 is 10.1 Å². The van der Waals surface area contributed by atoms with E-state index >= 15 is 0 Å². The van der Waals surface area contributed by atoms with E-state index in [0.29, 0.717) is 0 Å². The second kappa shape index (κ2) is 4.89. The van der Waals surface area contributed by atoms with Crippen molar-refractivity contribution in [2.75, 3.05) is 7.11 Å². The Bertz CT molecular complexity index is 667. The summed E-state index contributed by atoms with van der Waals surface area (Å²) < 4.78 is 10.6. The van der Waals surface area contributed by atoms with Crippen molar-refractivity contribution < 1.29 is 14.3 Å². The number of hydrogen-bond acceptors (Lipinski definition) is 3. The molecule has 1 aliphatic rings. The maximum absolute atomic E-state index is 11.6. The summed E-state index contributed by atoms with van der Waals surface area (Å²) >= 11 is 0. The van der Waals surface area contributed by atoms with E-state index in [1.165, 1.54) is 7.11 Å². The first-order chi connectivity index (χ1) is 9.69. The highest BCUT2D eigenvalue weighted by atomic mass is 16.5. The SMILES string of the molecule is COC(=O)N[C@H]1c2ccccc2Oc2ccc(C)cc21. The molecular formula is C16H15NO3. The molecule has 0 aliphatic carbocycles. The van der Waals surface area contributed by atoms with Crippen molar-refractivity contribution in [3.8, 4) is 11.5 Å². The van der Waals surface area contributed by atoms with Gasteiger partial charge < -0.3 is 14.8 Å². The lowest BCUT2D eigenvalue weighted by molar-refractivity contribution is 0.168. The van der Waals surface area contributed by atoms with E-state index in [1.54, 1.807) is 0 Å². The molecule has 1 N–H and O–H groups in total. The Morgan fingerprint density at radius 3 is 2.70 bits per heavy atom. The van der Waals surface area contributed by atoms with Gasteiger partial charge in [-0.1, -0.05) is 29.8 Å². The van der Waals surface area contributed by atoms with Gasteiger partial charge in [-0.25, -0.2) is 4.79 Å². The van der Waals surface area contributed by atoms with E-state index in [1.807, 2.05) is 49.4 Å². The first-order valence-electron chi connectivity index (χ1n) is 6.41. The number of ether oxygens (including phenoxy) is 2. The molecular weight excluding hydrogens is 254 g/mol. The van der Waals surface area contributed by atoms with Gasteiger partial charge in [-0.2, -0.15) is 0 Å². The molecule has 102 valence electrons. The number of para-hydroxylation sites is 1. The highest BCUT2D eigenvalue weighted by Crippen LogP contribution is 2.42. The van der Waals surface area contributed by atoms with E-state index in [0.717, 1.165) is 28.2 Å². The zero-order chi connectivity index (χ0) is 14.1. The number of fused-ring (bicyclic) bond motifs is 2. The van der Waals surface area contributed by atoms with Gasteiger partial charge in [0.1, 0.15) is 11.5 Å². The van der Waals surface area contributed by atoms with Crippen LogP contribution in [0.25, 0.3) is 0 Å². The van der Waals surface area contributed by atoms with E-state index in [-0.39, 0.29) is 6.04 Å². The van der Waals surface area contributed by atoms with E-state index in [4.69, 9.17) is 9.47 Å². The van der Waals surface area contributed by atoms with Crippen LogP contribution in [0.4, 0.5) is 4.79 Å². The fourth-order valence-corrected chi connectivity index (χ4v) is 2.42. The zero-order valence-electron chi connectivity index (χ0n) is 11.3. The summed E-state index contributed by atoms with van der Waals surface area (Å²) in [5, 5.41) is 2.87. The first kappa shape index (κ1) is 12.5. The lowest BCUT2D eigenvalue weighted by Crippen LogP contribution is -2.31. The van der Waals surface area contributed by atoms with Crippen LogP contribution in [-0.4, -0.2) is 13.2 Å². The van der Waals surface area contributed by atoms with Crippen LogP contribution >= 0.6 is 0 Å². The molecule has 4 nitrogen and oxygen atoms in total. The number of nitrogens with one attached hydrogen (secondary N) is 1. The average molecular weight is 269 g/mol. The summed E-state index contributed by atoms with van der Waals surface area (Å²) in [6, 6.07) is 13.3. The van der Waals surface area contributed by atoms with Crippen molar-refractivity contribution in [3.05, 3.63) is 59.2 Å². The number of alkyl carbamates (subject to hydrolysis) is 1. The smallest absolute Gasteiger partial charge is 0.407 e. The molecule has 2 aromatic carbocycles. The Morgan fingerprint density at radius 2 is 1.90 bits per heavy atom. The largest absolute Gasteiger partial charge is 0.457 e. The molecule has 0 radical (unpaired) electrons. The summed E-state index contributed by atoms with van der Waals surface area (Å²) in [5.41, 5.74) is 2.98. The second-order valence-electron chi connectivity index (χ2n) is 4.75. The van der Waals surface area contributed by atoms with Gasteiger partial charge in [0.05, 0.1) is 13.2 Å². The van der Waals surface area contributed by atoms with Crippen molar-refractivity contribution in [3.63, 3.8) is 0 Å². The van der Waals surface area contributed by atoms with Crippen LogP contribution in [0.15, 0.2) is 42.5 Å². The minimum absolute atomic E-state index is 0.262. The highest BCUT2D eigenvalue weighted by molar-refractivity contribution is 5.70. The Morgan fingerprint density at radius 1 is 1.15 bits per heavy atom. The highest BCUT2D eigenvalue weighted by Gasteiger charge is 2.28. The lowest BCUT2D eigenvalue weighted by atomic mass is 9.93. The molecule has 4 heteroatoms.